The maximum Gasteiger partial charge on any atom is 0.547 e. The Morgan fingerprint density at radius 3 is 2.32 bits per heavy atom. The molecule has 4 heteroatoms. The molecule has 0 aliphatic carbocycles. The summed E-state index contributed by atoms with van der Waals surface area (Å²) in [5, 5.41) is 20.9. The molecule has 0 saturated carbocycles. The number of rotatable bonds is 4. The summed E-state index contributed by atoms with van der Waals surface area (Å²) in [6.07, 6.45) is -0.900. The summed E-state index contributed by atoms with van der Waals surface area (Å²) in [4.78, 5) is 0. The fraction of sp³-hybridized carbons (Fsp3) is 0.278. The first kappa shape index (κ1) is 14.6. The molecule has 2 atom stereocenters. The monoisotopic (exact) mass is 298 g/mol. The smallest absolute Gasteiger partial charge is 0.430 e. The molecule has 1 heterocycles. The molecule has 0 fully saturated rings. The number of hydrogen-bond acceptors (Lipinski definition) is 2. The normalized spacial score (nSPS) is 22.5. The van der Waals surface area contributed by atoms with Crippen LogP contribution in [0.15, 0.2) is 60.7 Å². The summed E-state index contributed by atoms with van der Waals surface area (Å²) < 4.78 is 7.06. The minimum Gasteiger partial charge on any atom is -0.430 e. The lowest BCUT2D eigenvalue weighted by atomic mass is 9.89. The third kappa shape index (κ3) is 2.57. The second kappa shape index (κ2) is 5.81. The van der Waals surface area contributed by atoms with Crippen LogP contribution in [0.25, 0.3) is 0 Å². The highest BCUT2D eigenvalue weighted by molar-refractivity contribution is 5.60. The van der Waals surface area contributed by atoms with Crippen LogP contribution in [-0.4, -0.2) is 33.0 Å². The van der Waals surface area contributed by atoms with Gasteiger partial charge < -0.3 is 14.9 Å². The van der Waals surface area contributed by atoms with Gasteiger partial charge in [0.1, 0.15) is 6.10 Å². The quantitative estimate of drug-likeness (QED) is 0.853. The van der Waals surface area contributed by atoms with E-state index in [0.717, 1.165) is 11.1 Å². The van der Waals surface area contributed by atoms with E-state index in [1.807, 2.05) is 67.6 Å². The molecule has 1 aliphatic rings. The van der Waals surface area contributed by atoms with Crippen molar-refractivity contribution in [3.05, 3.63) is 71.8 Å². The van der Waals surface area contributed by atoms with Crippen molar-refractivity contribution in [2.75, 3.05) is 6.61 Å². The Kier molecular flexibility index (Phi) is 3.86. The first-order valence-electron chi connectivity index (χ1n) is 7.34. The molecule has 2 N–H and O–H groups in total. The second-order valence-electron chi connectivity index (χ2n) is 5.81. The van der Waals surface area contributed by atoms with E-state index in [9.17, 15) is 10.2 Å². The van der Waals surface area contributed by atoms with Gasteiger partial charge in [0.05, 0.1) is 0 Å². The van der Waals surface area contributed by atoms with E-state index in [2.05, 4.69) is 0 Å². The van der Waals surface area contributed by atoms with Crippen LogP contribution in [-0.2, 0) is 11.3 Å². The number of ether oxygens (including phenoxy) is 1. The molecule has 114 valence electrons. The van der Waals surface area contributed by atoms with Crippen molar-refractivity contribution in [2.24, 2.45) is 0 Å². The van der Waals surface area contributed by atoms with Crippen molar-refractivity contribution in [2.45, 2.75) is 25.1 Å². The molecule has 2 aromatic rings. The highest BCUT2D eigenvalue weighted by Crippen LogP contribution is 2.33. The Labute approximate surface area is 129 Å². The maximum absolute atomic E-state index is 10.8. The molecule has 22 heavy (non-hydrogen) atoms. The van der Waals surface area contributed by atoms with Gasteiger partial charge in [0.15, 0.2) is 13.2 Å². The Bertz CT molecular complexity index is 669. The van der Waals surface area contributed by atoms with E-state index in [-0.39, 0.29) is 12.7 Å². The highest BCUT2D eigenvalue weighted by atomic mass is 16.6. The number of aliphatic hydroxyl groups excluding tert-OH is 2. The van der Waals surface area contributed by atoms with Crippen molar-refractivity contribution in [1.82, 2.24) is 0 Å². The largest absolute Gasteiger partial charge is 0.547 e. The fourth-order valence-corrected chi connectivity index (χ4v) is 2.82. The summed E-state index contributed by atoms with van der Waals surface area (Å²) in [5.41, 5.74) is 1.13. The minimum atomic E-state index is -0.762. The van der Waals surface area contributed by atoms with Gasteiger partial charge in [-0.3, -0.25) is 0 Å². The molecule has 4 nitrogen and oxygen atoms in total. The Hall–Kier alpha value is -2.33. The first-order chi connectivity index (χ1) is 10.6. The summed E-state index contributed by atoms with van der Waals surface area (Å²) in [6.45, 7) is 2.62. The Balaban J connectivity index is 1.92. The van der Waals surface area contributed by atoms with Gasteiger partial charge in [0.2, 0.25) is 5.54 Å². The van der Waals surface area contributed by atoms with Crippen LogP contribution in [0.4, 0.5) is 0 Å². The lowest BCUT2D eigenvalue weighted by molar-refractivity contribution is -0.626. The molecule has 0 amide bonds. The predicted octanol–water partition coefficient (Wildman–Crippen LogP) is 2.64. The SMILES string of the molecule is C[C@@]1([C@H](O)c2ccccc2)COC(O)=[N+]1Cc1ccccc1. The number of nitrogens with zero attached hydrogens (tertiary/aromatic N) is 1. The maximum atomic E-state index is 10.8. The molecule has 0 spiro atoms. The molecule has 0 radical (unpaired) electrons. The molecular weight excluding hydrogens is 278 g/mol. The summed E-state index contributed by atoms with van der Waals surface area (Å²) >= 11 is 0. The van der Waals surface area contributed by atoms with Crippen molar-refractivity contribution >= 4 is 6.08 Å². The average Bonchev–Trinajstić information content (AvgIpc) is 2.85. The van der Waals surface area contributed by atoms with Crippen molar-refractivity contribution in [1.29, 1.82) is 0 Å². The van der Waals surface area contributed by atoms with Gasteiger partial charge in [-0.2, -0.15) is 0 Å². The van der Waals surface area contributed by atoms with Gasteiger partial charge in [-0.05, 0) is 5.56 Å². The topological polar surface area (TPSA) is 52.7 Å². The lowest BCUT2D eigenvalue weighted by Gasteiger charge is -2.25. The third-order valence-corrected chi connectivity index (χ3v) is 4.23. The first-order valence-corrected chi connectivity index (χ1v) is 7.34. The Morgan fingerprint density at radius 1 is 1.09 bits per heavy atom. The minimum absolute atomic E-state index is 0.138. The predicted molar refractivity (Wildman–Crippen MR) is 83.8 cm³/mol. The van der Waals surface area contributed by atoms with Crippen LogP contribution in [0.5, 0.6) is 0 Å². The van der Waals surface area contributed by atoms with Crippen molar-refractivity contribution in [3.63, 3.8) is 0 Å². The second-order valence-corrected chi connectivity index (χ2v) is 5.81. The van der Waals surface area contributed by atoms with Crippen molar-refractivity contribution in [3.8, 4) is 0 Å². The molecular formula is C18H20NO3+. The van der Waals surface area contributed by atoms with E-state index in [0.29, 0.717) is 6.54 Å². The van der Waals surface area contributed by atoms with Gasteiger partial charge in [-0.1, -0.05) is 60.7 Å². The van der Waals surface area contributed by atoms with Crippen LogP contribution in [0, 0.1) is 0 Å². The molecule has 0 aromatic heterocycles. The number of hydrogen-bond donors (Lipinski definition) is 2. The van der Waals surface area contributed by atoms with E-state index in [1.54, 1.807) is 4.58 Å². The summed E-state index contributed by atoms with van der Waals surface area (Å²) in [6, 6.07) is 19.3. The highest BCUT2D eigenvalue weighted by Gasteiger charge is 2.53. The average molecular weight is 298 g/mol. The van der Waals surface area contributed by atoms with Crippen LogP contribution < -0.4 is 0 Å². The lowest BCUT2D eigenvalue weighted by Crippen LogP contribution is -2.45. The van der Waals surface area contributed by atoms with Crippen LogP contribution >= 0.6 is 0 Å². The zero-order valence-electron chi connectivity index (χ0n) is 12.5. The third-order valence-electron chi connectivity index (χ3n) is 4.23. The van der Waals surface area contributed by atoms with Crippen LogP contribution in [0.3, 0.4) is 0 Å². The molecule has 0 unspecified atom stereocenters. The molecule has 0 saturated heterocycles. The van der Waals surface area contributed by atoms with E-state index < -0.39 is 11.6 Å². The van der Waals surface area contributed by atoms with Crippen LogP contribution in [0.2, 0.25) is 0 Å². The van der Waals surface area contributed by atoms with E-state index >= 15 is 0 Å². The Morgan fingerprint density at radius 2 is 1.68 bits per heavy atom. The number of aliphatic hydroxyl groups is 2. The molecule has 3 rings (SSSR count). The van der Waals surface area contributed by atoms with E-state index in [1.165, 1.54) is 0 Å². The van der Waals surface area contributed by atoms with Gasteiger partial charge in [0.25, 0.3) is 0 Å². The summed E-state index contributed by atoms with van der Waals surface area (Å²) in [5.74, 6) is 0. The van der Waals surface area contributed by atoms with Gasteiger partial charge in [-0.15, -0.1) is 4.58 Å². The van der Waals surface area contributed by atoms with Gasteiger partial charge in [-0.25, -0.2) is 0 Å². The summed E-state index contributed by atoms with van der Waals surface area (Å²) in [7, 11) is 0. The fourth-order valence-electron chi connectivity index (χ4n) is 2.82. The van der Waals surface area contributed by atoms with Gasteiger partial charge >= 0.3 is 6.08 Å². The van der Waals surface area contributed by atoms with Gasteiger partial charge in [0, 0.05) is 12.5 Å². The zero-order chi connectivity index (χ0) is 15.6. The standard InChI is InChI=1S/C18H19NO3/c1-18(16(20)15-10-6-3-7-11-15)13-22-17(21)19(18)12-14-8-4-2-5-9-14/h2-11,16,20H,12-13H2,1H3/p+1/t16-,18+/m1/s1. The van der Waals surface area contributed by atoms with Crippen LogP contribution in [0.1, 0.15) is 24.2 Å². The molecule has 1 aliphatic heterocycles. The number of benzene rings is 2. The zero-order valence-corrected chi connectivity index (χ0v) is 12.5. The van der Waals surface area contributed by atoms with Crippen molar-refractivity contribution < 1.29 is 19.5 Å². The van der Waals surface area contributed by atoms with E-state index in [4.69, 9.17) is 4.74 Å². The molecule has 0 bridgehead atoms. The molecule has 2 aromatic carbocycles.